The zero-order valence-corrected chi connectivity index (χ0v) is 22.1. The highest BCUT2D eigenvalue weighted by Gasteiger charge is 2.28. The maximum absolute atomic E-state index is 13.6. The van der Waals surface area contributed by atoms with Gasteiger partial charge in [-0.25, -0.2) is 0 Å². The first kappa shape index (κ1) is 24.5. The zero-order valence-electron chi connectivity index (χ0n) is 22.1. The highest BCUT2D eigenvalue weighted by atomic mass is 16.1. The molecule has 0 spiro atoms. The molecular weight excluding hydrogens is 488 g/mol. The summed E-state index contributed by atoms with van der Waals surface area (Å²) in [7, 11) is 0. The van der Waals surface area contributed by atoms with Crippen molar-refractivity contribution >= 4 is 65.2 Å². The van der Waals surface area contributed by atoms with Gasteiger partial charge in [-0.2, -0.15) is 9.97 Å². The Bertz CT molecular complexity index is 2220. The van der Waals surface area contributed by atoms with Crippen molar-refractivity contribution in [2.75, 3.05) is 0 Å². The van der Waals surface area contributed by atoms with Crippen LogP contribution in [0.2, 0.25) is 0 Å². The summed E-state index contributed by atoms with van der Waals surface area (Å²) in [6, 6.07) is 17.1. The Balaban J connectivity index is 0.000000883. The van der Waals surface area contributed by atoms with E-state index in [2.05, 4.69) is 23.8 Å². The fraction of sp³-hybridized carbons (Fsp3) is 0.152. The molecule has 2 N–H and O–H groups in total. The highest BCUT2D eigenvalue weighted by Crippen LogP contribution is 2.26. The topological polar surface area (TPSA) is 96.6 Å². The van der Waals surface area contributed by atoms with Crippen molar-refractivity contribution in [1.82, 2.24) is 0 Å². The molecule has 190 valence electrons. The summed E-state index contributed by atoms with van der Waals surface area (Å²) >= 11 is 0. The third-order valence-corrected chi connectivity index (χ3v) is 7.33. The average Bonchev–Trinajstić information content (AvgIpc) is 2.94. The summed E-state index contributed by atoms with van der Waals surface area (Å²) < 4.78 is 0. The quantitative estimate of drug-likeness (QED) is 0.219. The van der Waals surface area contributed by atoms with Gasteiger partial charge in [-0.1, -0.05) is 68.8 Å². The van der Waals surface area contributed by atoms with E-state index in [1.165, 1.54) is 6.42 Å². The summed E-state index contributed by atoms with van der Waals surface area (Å²) in [5.74, 6) is 0. The second kappa shape index (κ2) is 8.88. The number of nitrogens with one attached hydrogen (secondary N) is 2. The molecule has 6 heteroatoms. The van der Waals surface area contributed by atoms with Crippen LogP contribution in [-0.2, 0) is 0 Å². The molecule has 0 radical (unpaired) electrons. The van der Waals surface area contributed by atoms with Gasteiger partial charge in [0.25, 0.3) is 22.1 Å². The van der Waals surface area contributed by atoms with Gasteiger partial charge >= 0.3 is 0 Å². The summed E-state index contributed by atoms with van der Waals surface area (Å²) in [5.41, 5.74) is 2.85. The van der Waals surface area contributed by atoms with Crippen LogP contribution >= 0.6 is 0 Å². The number of H-pyrrole nitrogens is 2. The number of hydrogen-bond donors (Lipinski definition) is 0. The molecule has 6 nitrogen and oxygen atoms in total. The predicted molar refractivity (Wildman–Crippen MR) is 157 cm³/mol. The van der Waals surface area contributed by atoms with Gasteiger partial charge in [0.15, 0.2) is 10.9 Å². The van der Waals surface area contributed by atoms with Crippen LogP contribution in [0.4, 0.5) is 0 Å². The minimum Gasteiger partial charge on any atom is -0.289 e. The summed E-state index contributed by atoms with van der Waals surface area (Å²) in [5, 5.41) is 2.84. The van der Waals surface area contributed by atoms with Crippen molar-refractivity contribution in [3.63, 3.8) is 0 Å². The maximum Gasteiger partial charge on any atom is 0.288 e. The molecule has 0 saturated heterocycles. The third kappa shape index (κ3) is 3.41. The van der Waals surface area contributed by atoms with Gasteiger partial charge in [-0.05, 0) is 26.0 Å². The van der Waals surface area contributed by atoms with Crippen molar-refractivity contribution in [3.05, 3.63) is 113 Å². The number of aromatic nitrogens is 2. The Morgan fingerprint density at radius 3 is 1.13 bits per heavy atom. The van der Waals surface area contributed by atoms with Crippen LogP contribution in [-0.4, -0.2) is 0 Å². The molecule has 0 fully saturated rings. The lowest BCUT2D eigenvalue weighted by molar-refractivity contribution is -0.359. The van der Waals surface area contributed by atoms with Crippen LogP contribution in [0.15, 0.2) is 79.8 Å². The second-order valence-corrected chi connectivity index (χ2v) is 10.1. The molecule has 6 aromatic carbocycles. The normalized spacial score (nSPS) is 11.6. The first-order valence-electron chi connectivity index (χ1n) is 13.0. The smallest absolute Gasteiger partial charge is 0.288 e. The van der Waals surface area contributed by atoms with E-state index in [1.54, 1.807) is 60.7 Å². The van der Waals surface area contributed by atoms with E-state index in [0.717, 1.165) is 11.1 Å². The Labute approximate surface area is 221 Å². The Hall–Kier alpha value is -4.84. The molecule has 7 aromatic rings. The fourth-order valence-corrected chi connectivity index (χ4v) is 5.61. The number of aromatic amines is 2. The Morgan fingerprint density at radius 1 is 0.487 bits per heavy atom. The van der Waals surface area contributed by atoms with Crippen LogP contribution in [0.3, 0.4) is 0 Å². The van der Waals surface area contributed by atoms with Crippen molar-refractivity contribution in [3.8, 4) is 0 Å². The van der Waals surface area contributed by atoms with Crippen LogP contribution < -0.4 is 31.7 Å². The van der Waals surface area contributed by atoms with Crippen molar-refractivity contribution < 1.29 is 9.97 Å². The van der Waals surface area contributed by atoms with E-state index in [0.29, 0.717) is 65.2 Å². The lowest BCUT2D eigenvalue weighted by Gasteiger charge is -2.05. The van der Waals surface area contributed by atoms with Gasteiger partial charge in [0.1, 0.15) is 10.8 Å². The molecule has 1 heterocycles. The Kier molecular flexibility index (Phi) is 5.57. The van der Waals surface area contributed by atoms with E-state index >= 15 is 0 Å². The second-order valence-electron chi connectivity index (χ2n) is 10.1. The van der Waals surface area contributed by atoms with E-state index in [1.807, 2.05) is 13.8 Å². The monoisotopic (exact) mass is 514 g/mol. The molecule has 39 heavy (non-hydrogen) atoms. The van der Waals surface area contributed by atoms with E-state index in [9.17, 15) is 19.2 Å². The van der Waals surface area contributed by atoms with Crippen LogP contribution in [0.1, 0.15) is 31.4 Å². The molecule has 0 aliphatic rings. The summed E-state index contributed by atoms with van der Waals surface area (Å²) in [6.07, 6.45) is 1.25. The number of rotatable bonds is 0. The molecule has 1 aromatic heterocycles. The van der Waals surface area contributed by atoms with E-state index < -0.39 is 0 Å². The fourth-order valence-electron chi connectivity index (χ4n) is 5.61. The third-order valence-electron chi connectivity index (χ3n) is 7.33. The van der Waals surface area contributed by atoms with Crippen LogP contribution in [0.5, 0.6) is 0 Å². The highest BCUT2D eigenvalue weighted by molar-refractivity contribution is 6.11. The van der Waals surface area contributed by atoms with Gasteiger partial charge in [0.2, 0.25) is 10.9 Å². The molecular formula is C33H26N2O4+2. The van der Waals surface area contributed by atoms with Crippen molar-refractivity contribution in [2.45, 2.75) is 34.1 Å². The number of fused-ring (bicyclic) bond motifs is 8. The Morgan fingerprint density at radius 2 is 0.795 bits per heavy atom. The molecule has 0 saturated carbocycles. The van der Waals surface area contributed by atoms with E-state index in [4.69, 9.17) is 0 Å². The van der Waals surface area contributed by atoms with Crippen LogP contribution in [0.25, 0.3) is 65.2 Å². The molecule has 0 aliphatic carbocycles. The van der Waals surface area contributed by atoms with Gasteiger partial charge in [0, 0.05) is 43.4 Å². The summed E-state index contributed by atoms with van der Waals surface area (Å²) in [6.45, 7) is 7.95. The largest absolute Gasteiger partial charge is 0.289 e. The SMILES string of the molecule is CCC.Cc1cc2c(=O)c3ccccc3c(=O)c2c2[nH+]c3c(C)cc4c(=O)c5ccccc5c(=O)c4c3[nH+]c12. The molecule has 0 unspecified atom stereocenters. The number of hydrogen-bond acceptors (Lipinski definition) is 4. The standard InChI is InChI=1S/C30H16N2O4.C3H8/c1-13-11-19-21(29(35)17-9-5-3-7-15(17)27(19)33)25-23(13)31-26-22-20(12-14(2)24(26)32-25)28(34)16-8-4-6-10-18(16)30(22)36;1-3-2/h3-12H,1-2H3;3H2,1-2H3/p+2. The van der Waals surface area contributed by atoms with Crippen molar-refractivity contribution in [1.29, 1.82) is 0 Å². The molecule has 0 aliphatic heterocycles. The molecule has 7 rings (SSSR count). The van der Waals surface area contributed by atoms with Gasteiger partial charge in [-0.15, -0.1) is 0 Å². The van der Waals surface area contributed by atoms with Gasteiger partial charge < -0.3 is 0 Å². The lowest BCUT2D eigenvalue weighted by atomic mass is 9.97. The molecule has 0 atom stereocenters. The first-order valence-corrected chi connectivity index (χ1v) is 13.0. The minimum absolute atomic E-state index is 0.196. The first-order chi connectivity index (χ1) is 18.8. The molecule has 0 amide bonds. The van der Waals surface area contributed by atoms with Crippen molar-refractivity contribution in [2.24, 2.45) is 0 Å². The van der Waals surface area contributed by atoms with Crippen LogP contribution in [0, 0.1) is 13.8 Å². The number of aryl methyl sites for hydroxylation is 2. The zero-order chi connectivity index (χ0) is 27.6. The number of benzene rings is 6. The van der Waals surface area contributed by atoms with E-state index in [-0.39, 0.29) is 21.7 Å². The summed E-state index contributed by atoms with van der Waals surface area (Å²) in [4.78, 5) is 60.5. The lowest BCUT2D eigenvalue weighted by Crippen LogP contribution is -2.25. The average molecular weight is 515 g/mol. The van der Waals surface area contributed by atoms with Gasteiger partial charge in [0.05, 0.1) is 0 Å². The molecule has 0 bridgehead atoms. The minimum atomic E-state index is -0.231. The van der Waals surface area contributed by atoms with Gasteiger partial charge in [-0.3, -0.25) is 19.2 Å². The maximum atomic E-state index is 13.6. The predicted octanol–water partition coefficient (Wildman–Crippen LogP) is 4.58.